The van der Waals surface area contributed by atoms with Gasteiger partial charge >= 0.3 is 5.97 Å². The van der Waals surface area contributed by atoms with E-state index in [1.807, 2.05) is 6.92 Å². The lowest BCUT2D eigenvalue weighted by Gasteiger charge is -2.47. The number of phenols is 1. The summed E-state index contributed by atoms with van der Waals surface area (Å²) in [5.74, 6) is -2.14. The maximum Gasteiger partial charge on any atom is 0.338 e. The summed E-state index contributed by atoms with van der Waals surface area (Å²) in [7, 11) is 0. The number of aromatic carboxylic acids is 1. The van der Waals surface area contributed by atoms with Crippen LogP contribution in [0.4, 0.5) is 5.69 Å². The van der Waals surface area contributed by atoms with Gasteiger partial charge in [0.05, 0.1) is 38.0 Å². The number of nitrogens with zero attached hydrogens (tertiary/aromatic N) is 1. The van der Waals surface area contributed by atoms with Crippen LogP contribution in [-0.4, -0.2) is 34.0 Å². The first kappa shape index (κ1) is 20.8. The van der Waals surface area contributed by atoms with E-state index < -0.39 is 11.8 Å². The quantitative estimate of drug-likeness (QED) is 0.603. The van der Waals surface area contributed by atoms with Gasteiger partial charge in [-0.05, 0) is 57.4 Å². The number of carbonyl (C=O) groups excluding carboxylic acids is 1. The number of rotatable bonds is 3. The minimum atomic E-state index is -1.35. The smallest absolute Gasteiger partial charge is 0.338 e. The molecule has 0 fully saturated rings. The van der Waals surface area contributed by atoms with Crippen LogP contribution in [0.15, 0.2) is 24.3 Å². The van der Waals surface area contributed by atoms with E-state index in [2.05, 4.69) is 24.8 Å². The van der Waals surface area contributed by atoms with Crippen LogP contribution in [0.2, 0.25) is 10.0 Å². The number of aromatic hydroxyl groups is 1. The van der Waals surface area contributed by atoms with Gasteiger partial charge in [0, 0.05) is 17.7 Å². The van der Waals surface area contributed by atoms with E-state index in [0.717, 1.165) is 29.8 Å². The molecule has 156 valence electrons. The van der Waals surface area contributed by atoms with Crippen LogP contribution < -0.4 is 4.90 Å². The normalized spacial score (nSPS) is 16.7. The number of hydrogen-bond donors (Lipinski definition) is 2. The molecule has 2 N–H and O–H groups in total. The second-order valence-corrected chi connectivity index (χ2v) is 9.11. The van der Waals surface area contributed by atoms with Crippen molar-refractivity contribution in [1.82, 2.24) is 0 Å². The van der Waals surface area contributed by atoms with Gasteiger partial charge in [0.15, 0.2) is 5.78 Å². The van der Waals surface area contributed by atoms with Crippen molar-refractivity contribution in [2.75, 3.05) is 11.4 Å². The summed E-state index contributed by atoms with van der Waals surface area (Å²) in [4.78, 5) is 27.5. The number of carboxylic acids is 1. The molecule has 0 atom stereocenters. The van der Waals surface area contributed by atoms with Gasteiger partial charge in [-0.1, -0.05) is 29.3 Å². The maximum absolute atomic E-state index is 13.5. The summed E-state index contributed by atoms with van der Waals surface area (Å²) < 4.78 is 0. The van der Waals surface area contributed by atoms with Gasteiger partial charge in [0.25, 0.3) is 0 Å². The summed E-state index contributed by atoms with van der Waals surface area (Å²) in [5, 5.41) is 20.6. The van der Waals surface area contributed by atoms with Gasteiger partial charge in [0.2, 0.25) is 0 Å². The highest BCUT2D eigenvalue weighted by Gasteiger charge is 2.38. The number of carbonyl (C=O) groups is 2. The third kappa shape index (κ3) is 2.99. The summed E-state index contributed by atoms with van der Waals surface area (Å²) in [6.07, 6.45) is 3.61. The monoisotopic (exact) mass is 445 g/mol. The number of ketones is 1. The fourth-order valence-electron chi connectivity index (χ4n) is 4.64. The Labute approximate surface area is 184 Å². The zero-order valence-corrected chi connectivity index (χ0v) is 18.4. The molecule has 2 aliphatic heterocycles. The predicted molar refractivity (Wildman–Crippen MR) is 118 cm³/mol. The Morgan fingerprint density at radius 2 is 1.77 bits per heavy atom. The number of phenolic OH excluding ortho intramolecular Hbond substituents is 1. The molecule has 5 nitrogen and oxygen atoms in total. The molecule has 0 radical (unpaired) electrons. The SMILES string of the molecule is CC1=CC(C)(C)N2CCCc3c(O)c(C(=O)c4c(Cl)ccc(Cl)c4C(=O)O)cc1c32. The maximum atomic E-state index is 13.5. The Bertz CT molecular complexity index is 1150. The van der Waals surface area contributed by atoms with E-state index in [4.69, 9.17) is 23.2 Å². The van der Waals surface area contributed by atoms with Crippen LogP contribution >= 0.6 is 23.2 Å². The van der Waals surface area contributed by atoms with Crippen molar-refractivity contribution in [2.45, 2.75) is 39.2 Å². The van der Waals surface area contributed by atoms with E-state index >= 15 is 0 Å². The van der Waals surface area contributed by atoms with Gasteiger partial charge in [-0.15, -0.1) is 0 Å². The number of benzene rings is 2. The molecule has 0 amide bonds. The van der Waals surface area contributed by atoms with Crippen molar-refractivity contribution < 1.29 is 19.8 Å². The van der Waals surface area contributed by atoms with Gasteiger partial charge in [-0.3, -0.25) is 4.79 Å². The first-order chi connectivity index (χ1) is 14.0. The molecule has 0 aliphatic carbocycles. The highest BCUT2D eigenvalue weighted by atomic mass is 35.5. The molecule has 0 bridgehead atoms. The number of carboxylic acid groups (broad SMARTS) is 1. The molecule has 0 unspecified atom stereocenters. The minimum Gasteiger partial charge on any atom is -0.507 e. The second-order valence-electron chi connectivity index (χ2n) is 8.30. The van der Waals surface area contributed by atoms with Crippen LogP contribution in [0.3, 0.4) is 0 Å². The van der Waals surface area contributed by atoms with Crippen LogP contribution in [0.5, 0.6) is 5.75 Å². The van der Waals surface area contributed by atoms with Crippen molar-refractivity contribution in [1.29, 1.82) is 0 Å². The lowest BCUT2D eigenvalue weighted by Crippen LogP contribution is -2.47. The van der Waals surface area contributed by atoms with Crippen LogP contribution in [-0.2, 0) is 6.42 Å². The average molecular weight is 446 g/mol. The molecule has 2 heterocycles. The summed E-state index contributed by atoms with van der Waals surface area (Å²) in [5.41, 5.74) is 2.74. The first-order valence-corrected chi connectivity index (χ1v) is 10.4. The Balaban J connectivity index is 1.98. The summed E-state index contributed by atoms with van der Waals surface area (Å²) in [6.45, 7) is 7.07. The second kappa shape index (κ2) is 7.03. The average Bonchev–Trinajstić information content (AvgIpc) is 2.67. The zero-order chi connectivity index (χ0) is 22.0. The number of anilines is 1. The van der Waals surface area contributed by atoms with E-state index in [1.165, 1.54) is 12.1 Å². The zero-order valence-electron chi connectivity index (χ0n) is 16.8. The van der Waals surface area contributed by atoms with Crippen molar-refractivity contribution >= 4 is 46.2 Å². The van der Waals surface area contributed by atoms with Gasteiger partial charge < -0.3 is 15.1 Å². The molecular formula is C23H21Cl2NO4. The molecule has 7 heteroatoms. The molecule has 0 spiro atoms. The predicted octanol–water partition coefficient (Wildman–Crippen LogP) is 5.58. The van der Waals surface area contributed by atoms with E-state index in [0.29, 0.717) is 12.0 Å². The molecular weight excluding hydrogens is 425 g/mol. The molecule has 2 aromatic rings. The first-order valence-electron chi connectivity index (χ1n) is 9.67. The van der Waals surface area contributed by atoms with Gasteiger partial charge in [0.1, 0.15) is 5.75 Å². The largest absolute Gasteiger partial charge is 0.507 e. The molecule has 0 saturated heterocycles. The van der Waals surface area contributed by atoms with Crippen LogP contribution in [0.1, 0.15) is 64.6 Å². The van der Waals surface area contributed by atoms with Crippen molar-refractivity contribution in [3.05, 3.63) is 62.1 Å². The summed E-state index contributed by atoms with van der Waals surface area (Å²) in [6, 6.07) is 4.37. The molecule has 2 aromatic carbocycles. The Morgan fingerprint density at radius 1 is 1.13 bits per heavy atom. The Morgan fingerprint density at radius 3 is 2.40 bits per heavy atom. The standard InChI is InChI=1S/C23H21Cl2NO4/c1-11-10-23(2,3)26-8-4-5-12-19(26)13(11)9-14(20(12)27)21(28)17-15(24)6-7-16(25)18(17)22(29)30/h6-7,9-10,27H,4-5,8H2,1-3H3,(H,29,30). The highest BCUT2D eigenvalue weighted by Crippen LogP contribution is 2.48. The van der Waals surface area contributed by atoms with Gasteiger partial charge in [-0.2, -0.15) is 0 Å². The van der Waals surface area contributed by atoms with E-state index in [1.54, 1.807) is 6.07 Å². The molecule has 0 aromatic heterocycles. The lowest BCUT2D eigenvalue weighted by molar-refractivity contribution is 0.0693. The Kier molecular flexibility index (Phi) is 4.87. The molecule has 0 saturated carbocycles. The minimum absolute atomic E-state index is 0.0254. The topological polar surface area (TPSA) is 77.8 Å². The fraction of sp³-hybridized carbons (Fsp3) is 0.304. The number of halogens is 2. The highest BCUT2D eigenvalue weighted by molar-refractivity contribution is 6.39. The van der Waals surface area contributed by atoms with Crippen molar-refractivity contribution in [2.24, 2.45) is 0 Å². The van der Waals surface area contributed by atoms with Crippen molar-refractivity contribution in [3.8, 4) is 5.75 Å². The van der Waals surface area contributed by atoms with E-state index in [9.17, 15) is 19.8 Å². The fourth-order valence-corrected chi connectivity index (χ4v) is 5.12. The number of allylic oxidation sites excluding steroid dienone is 1. The number of hydrogen-bond acceptors (Lipinski definition) is 4. The third-order valence-electron chi connectivity index (χ3n) is 5.93. The third-order valence-corrected chi connectivity index (χ3v) is 6.56. The van der Waals surface area contributed by atoms with Crippen molar-refractivity contribution in [3.63, 3.8) is 0 Å². The van der Waals surface area contributed by atoms with Crippen LogP contribution in [0.25, 0.3) is 5.57 Å². The lowest BCUT2D eigenvalue weighted by atomic mass is 9.81. The van der Waals surface area contributed by atoms with Crippen LogP contribution in [0, 0.1) is 0 Å². The van der Waals surface area contributed by atoms with Gasteiger partial charge in [-0.25, -0.2) is 4.79 Å². The van der Waals surface area contributed by atoms with E-state index in [-0.39, 0.29) is 38.0 Å². The molecule has 2 aliphatic rings. The molecule has 30 heavy (non-hydrogen) atoms. The Hall–Kier alpha value is -2.50. The molecule has 4 rings (SSSR count). The summed E-state index contributed by atoms with van der Waals surface area (Å²) >= 11 is 12.3.